The molecule has 0 aliphatic carbocycles. The van der Waals surface area contributed by atoms with Crippen molar-refractivity contribution in [2.24, 2.45) is 0 Å². The first-order valence-corrected chi connectivity index (χ1v) is 3.62. The van der Waals surface area contributed by atoms with E-state index in [4.69, 9.17) is 0 Å². The highest BCUT2D eigenvalue weighted by molar-refractivity contribution is 7.32. The maximum absolute atomic E-state index is 2.28. The van der Waals surface area contributed by atoms with Crippen LogP contribution in [0.15, 0.2) is 12.1 Å². The molecule has 2 heterocycles. The molecular formula is C6H7P. The third-order valence-electron chi connectivity index (χ3n) is 1.47. The van der Waals surface area contributed by atoms with Crippen LogP contribution in [-0.2, 0) is 12.8 Å². The minimum Gasteiger partial charge on any atom is -0.133 e. The Morgan fingerprint density at radius 2 is 1.71 bits per heavy atom. The van der Waals surface area contributed by atoms with Gasteiger partial charge < -0.3 is 0 Å². The van der Waals surface area contributed by atoms with Gasteiger partial charge in [-0.2, -0.15) is 0 Å². The third kappa shape index (κ3) is 0.435. The van der Waals surface area contributed by atoms with E-state index in [9.17, 15) is 0 Å². The average molecular weight is 110 g/mol. The second-order valence-corrected chi connectivity index (χ2v) is 3.54. The zero-order chi connectivity index (χ0) is 4.69. The first-order valence-electron chi connectivity index (χ1n) is 2.62. The molecule has 1 heteroatoms. The smallest absolute Gasteiger partial charge is 0.0200 e. The molecule has 0 atom stereocenters. The Hall–Kier alpha value is -0.220. The summed E-state index contributed by atoms with van der Waals surface area (Å²) in [6.07, 6.45) is 2.73. The number of rotatable bonds is 0. The molecule has 1 aromatic heterocycles. The van der Waals surface area contributed by atoms with E-state index >= 15 is 0 Å². The Morgan fingerprint density at radius 3 is 1.86 bits per heavy atom. The van der Waals surface area contributed by atoms with Crippen molar-refractivity contribution in [3.8, 4) is 0 Å². The molecule has 0 radical (unpaired) electrons. The van der Waals surface area contributed by atoms with Gasteiger partial charge in [0.2, 0.25) is 0 Å². The minimum absolute atomic E-state index is 1.09. The van der Waals surface area contributed by atoms with Crippen molar-refractivity contribution in [2.45, 2.75) is 12.8 Å². The van der Waals surface area contributed by atoms with Gasteiger partial charge in [0.15, 0.2) is 0 Å². The van der Waals surface area contributed by atoms with E-state index in [0.29, 0.717) is 0 Å². The van der Waals surface area contributed by atoms with E-state index in [2.05, 4.69) is 12.1 Å². The predicted octanol–water partition coefficient (Wildman–Crippen LogP) is 1.82. The van der Waals surface area contributed by atoms with Crippen molar-refractivity contribution in [1.82, 2.24) is 0 Å². The molecule has 0 amide bonds. The van der Waals surface area contributed by atoms with Crippen molar-refractivity contribution in [2.75, 3.05) is 0 Å². The van der Waals surface area contributed by atoms with Crippen molar-refractivity contribution < 1.29 is 0 Å². The van der Waals surface area contributed by atoms with Gasteiger partial charge in [0.1, 0.15) is 0 Å². The van der Waals surface area contributed by atoms with Crippen LogP contribution in [0.3, 0.4) is 0 Å². The Balaban J connectivity index is 2.71. The molecule has 0 fully saturated rings. The monoisotopic (exact) mass is 110 g/mol. The van der Waals surface area contributed by atoms with Crippen LogP contribution in [0.1, 0.15) is 10.6 Å². The van der Waals surface area contributed by atoms with E-state index in [0.717, 1.165) is 8.19 Å². The van der Waals surface area contributed by atoms with Gasteiger partial charge in [-0.3, -0.25) is 0 Å². The Morgan fingerprint density at radius 1 is 1.14 bits per heavy atom. The van der Waals surface area contributed by atoms with E-state index < -0.39 is 0 Å². The summed E-state index contributed by atoms with van der Waals surface area (Å²) in [5.41, 5.74) is 0. The van der Waals surface area contributed by atoms with Crippen LogP contribution in [0.5, 0.6) is 0 Å². The fraction of sp³-hybridized carbons (Fsp3) is 0.333. The largest absolute Gasteiger partial charge is 0.133 e. The predicted molar refractivity (Wildman–Crippen MR) is 33.4 cm³/mol. The quantitative estimate of drug-likeness (QED) is 0.477. The van der Waals surface area contributed by atoms with Crippen LogP contribution in [0.4, 0.5) is 0 Å². The van der Waals surface area contributed by atoms with Gasteiger partial charge in [-0.25, -0.2) is 0 Å². The minimum atomic E-state index is 1.09. The Kier molecular flexibility index (Phi) is 0.608. The Labute approximate surface area is 44.6 Å². The molecule has 36 valence electrons. The lowest BCUT2D eigenvalue weighted by atomic mass is 10.2. The summed E-state index contributed by atoms with van der Waals surface area (Å²) < 4.78 is 0. The number of hydrogen-bond acceptors (Lipinski definition) is 0. The molecule has 1 aliphatic rings. The molecule has 0 unspecified atom stereocenters. The summed E-state index contributed by atoms with van der Waals surface area (Å²) in [7, 11) is 1.09. The van der Waals surface area contributed by atoms with Crippen molar-refractivity contribution >= 4 is 8.19 Å². The molecule has 0 nitrogen and oxygen atoms in total. The molecule has 1 aromatic rings. The van der Waals surface area contributed by atoms with Crippen LogP contribution in [0.2, 0.25) is 0 Å². The second-order valence-electron chi connectivity index (χ2n) is 2.01. The third-order valence-corrected chi connectivity index (χ3v) is 2.95. The zero-order valence-electron chi connectivity index (χ0n) is 4.07. The molecule has 0 saturated heterocycles. The summed E-state index contributed by atoms with van der Waals surface area (Å²) in [4.78, 5) is 0. The average Bonchev–Trinajstić information content (AvgIpc) is 2.22. The normalized spacial score (nSPS) is 15.4. The van der Waals surface area contributed by atoms with Crippen LogP contribution < -0.4 is 0 Å². The summed E-state index contributed by atoms with van der Waals surface area (Å²) in [6, 6.07) is 4.55. The van der Waals surface area contributed by atoms with Gasteiger partial charge in [0, 0.05) is 0 Å². The SMILES string of the molecule is c1cc2[pH]c1CC2. The Bertz CT molecular complexity index is 158. The van der Waals surface area contributed by atoms with Gasteiger partial charge in [0.05, 0.1) is 0 Å². The fourth-order valence-corrected chi connectivity index (χ4v) is 2.30. The summed E-state index contributed by atoms with van der Waals surface area (Å²) in [5, 5.41) is 3.35. The maximum atomic E-state index is 2.28. The highest BCUT2D eigenvalue weighted by Crippen LogP contribution is 2.31. The molecule has 1 aliphatic heterocycles. The fourth-order valence-electron chi connectivity index (χ4n) is 1.05. The van der Waals surface area contributed by atoms with E-state index in [1.165, 1.54) is 12.8 Å². The lowest BCUT2D eigenvalue weighted by Crippen LogP contribution is -1.79. The van der Waals surface area contributed by atoms with Gasteiger partial charge >= 0.3 is 0 Å². The standard InChI is InChI=1S/C6H7P/c1-2-6-4-3-5(1)7-6/h1-2,7H,3-4H2. The molecule has 0 spiro atoms. The molecular weight excluding hydrogens is 103 g/mol. The first-order chi connectivity index (χ1) is 3.45. The molecule has 0 saturated carbocycles. The number of hydrogen-bond donors (Lipinski definition) is 0. The molecule has 0 aromatic carbocycles. The van der Waals surface area contributed by atoms with Gasteiger partial charge in [-0.15, -0.1) is 8.19 Å². The highest BCUT2D eigenvalue weighted by atomic mass is 31.0. The van der Waals surface area contributed by atoms with Crippen molar-refractivity contribution in [3.05, 3.63) is 22.7 Å². The lowest BCUT2D eigenvalue weighted by molar-refractivity contribution is 1.01. The van der Waals surface area contributed by atoms with Crippen molar-refractivity contribution in [3.63, 3.8) is 0 Å². The summed E-state index contributed by atoms with van der Waals surface area (Å²) >= 11 is 0. The van der Waals surface area contributed by atoms with Crippen LogP contribution in [-0.4, -0.2) is 0 Å². The lowest BCUT2D eigenvalue weighted by Gasteiger charge is -1.87. The highest BCUT2D eigenvalue weighted by Gasteiger charge is 2.05. The van der Waals surface area contributed by atoms with Crippen LogP contribution >= 0.6 is 8.19 Å². The van der Waals surface area contributed by atoms with Crippen LogP contribution in [0.25, 0.3) is 0 Å². The van der Waals surface area contributed by atoms with E-state index in [1.54, 1.807) is 10.6 Å². The zero-order valence-corrected chi connectivity index (χ0v) is 5.07. The molecule has 7 heavy (non-hydrogen) atoms. The maximum Gasteiger partial charge on any atom is -0.0200 e. The molecule has 2 rings (SSSR count). The van der Waals surface area contributed by atoms with Crippen molar-refractivity contribution in [1.29, 1.82) is 0 Å². The van der Waals surface area contributed by atoms with Gasteiger partial charge in [-0.1, -0.05) is 12.1 Å². The molecule has 0 N–H and O–H groups in total. The number of aryl methyl sites for hydroxylation is 2. The van der Waals surface area contributed by atoms with E-state index in [1.807, 2.05) is 0 Å². The number of fused-ring (bicyclic) bond motifs is 2. The second kappa shape index (κ2) is 1.14. The van der Waals surface area contributed by atoms with Gasteiger partial charge in [-0.05, 0) is 23.4 Å². The first kappa shape index (κ1) is 3.74. The summed E-state index contributed by atoms with van der Waals surface area (Å²) in [5.74, 6) is 0. The van der Waals surface area contributed by atoms with E-state index in [-0.39, 0.29) is 0 Å². The topological polar surface area (TPSA) is 0 Å². The van der Waals surface area contributed by atoms with Gasteiger partial charge in [0.25, 0.3) is 0 Å². The van der Waals surface area contributed by atoms with Crippen LogP contribution in [0, 0.1) is 0 Å². The molecule has 2 bridgehead atoms. The summed E-state index contributed by atoms with van der Waals surface area (Å²) in [6.45, 7) is 0.